The molecule has 0 unspecified atom stereocenters. The number of ether oxygens (including phenoxy) is 1. The quantitative estimate of drug-likeness (QED) is 0.629. The minimum atomic E-state index is -0.216. The summed E-state index contributed by atoms with van der Waals surface area (Å²) in [7, 11) is 4.06. The van der Waals surface area contributed by atoms with Crippen molar-refractivity contribution in [2.45, 2.75) is 30.7 Å². The largest absolute Gasteiger partial charge is 0.393 e. The van der Waals surface area contributed by atoms with Crippen LogP contribution in [0.25, 0.3) is 0 Å². The highest BCUT2D eigenvalue weighted by molar-refractivity contribution is 5.16. The smallest absolute Gasteiger partial charge is 0.102 e. The molecule has 2 rings (SSSR count). The maximum atomic E-state index is 9.63. The highest BCUT2D eigenvalue weighted by Crippen LogP contribution is 2.36. The fraction of sp³-hybridized carbons (Fsp3) is 0.800. The highest BCUT2D eigenvalue weighted by Gasteiger charge is 2.42. The van der Waals surface area contributed by atoms with Crippen molar-refractivity contribution in [2.24, 2.45) is 0 Å². The van der Waals surface area contributed by atoms with Crippen molar-refractivity contribution in [3.63, 3.8) is 0 Å². The van der Waals surface area contributed by atoms with Crippen LogP contribution in [-0.4, -0.2) is 48.5 Å². The fourth-order valence-corrected chi connectivity index (χ4v) is 2.35. The molecule has 1 saturated heterocycles. The fourth-order valence-electron chi connectivity index (χ4n) is 2.35. The van der Waals surface area contributed by atoms with E-state index in [1.165, 1.54) is 0 Å². The third kappa shape index (κ3) is 1.77. The van der Waals surface area contributed by atoms with Gasteiger partial charge in [0.15, 0.2) is 0 Å². The lowest BCUT2D eigenvalue weighted by molar-refractivity contribution is -0.111. The molecule has 0 aromatic rings. The van der Waals surface area contributed by atoms with Crippen molar-refractivity contribution >= 4 is 0 Å². The number of hydrogen-bond acceptors (Lipinski definition) is 3. The highest BCUT2D eigenvalue weighted by atomic mass is 16.5. The van der Waals surface area contributed by atoms with Gasteiger partial charge in [-0.2, -0.15) is 0 Å². The molecule has 0 aromatic heterocycles. The molecule has 0 saturated carbocycles. The average Bonchev–Trinajstić information content (AvgIpc) is 2.24. The van der Waals surface area contributed by atoms with Gasteiger partial charge in [0.05, 0.1) is 12.2 Å². The first kappa shape index (κ1) is 9.19. The third-order valence-electron chi connectivity index (χ3n) is 2.67. The lowest BCUT2D eigenvalue weighted by atomic mass is 9.93. The number of nitrogens with zero attached hydrogens (tertiary/aromatic N) is 1. The van der Waals surface area contributed by atoms with Crippen LogP contribution in [-0.2, 0) is 4.74 Å². The number of aliphatic hydroxyl groups excluding tert-OH is 1. The van der Waals surface area contributed by atoms with E-state index in [1.807, 2.05) is 14.1 Å². The standard InChI is InChI=1S/C10H17NO2/c1-11(2)7-10-4-3-9(13-10)5-8(12)6-10/h3-4,8-9,12H,5-7H2,1-2H3/t8-,9-,10-/m0/s1. The Hall–Kier alpha value is -0.380. The first-order valence-corrected chi connectivity index (χ1v) is 4.80. The Morgan fingerprint density at radius 2 is 2.38 bits per heavy atom. The summed E-state index contributed by atoms with van der Waals surface area (Å²) >= 11 is 0. The van der Waals surface area contributed by atoms with E-state index < -0.39 is 0 Å². The van der Waals surface area contributed by atoms with Crippen molar-refractivity contribution in [1.29, 1.82) is 0 Å². The molecule has 2 heterocycles. The lowest BCUT2D eigenvalue weighted by Crippen LogP contribution is -2.46. The van der Waals surface area contributed by atoms with E-state index in [1.54, 1.807) is 0 Å². The van der Waals surface area contributed by atoms with Crippen LogP contribution in [0, 0.1) is 0 Å². The Bertz CT molecular complexity index is 223. The van der Waals surface area contributed by atoms with Crippen molar-refractivity contribution < 1.29 is 9.84 Å². The molecule has 3 atom stereocenters. The van der Waals surface area contributed by atoms with E-state index in [0.717, 1.165) is 19.4 Å². The topological polar surface area (TPSA) is 32.7 Å². The Labute approximate surface area is 79.0 Å². The lowest BCUT2D eigenvalue weighted by Gasteiger charge is -2.37. The van der Waals surface area contributed by atoms with Crippen LogP contribution >= 0.6 is 0 Å². The maximum absolute atomic E-state index is 9.63. The van der Waals surface area contributed by atoms with Gasteiger partial charge in [0.1, 0.15) is 5.60 Å². The van der Waals surface area contributed by atoms with Gasteiger partial charge in [0.25, 0.3) is 0 Å². The van der Waals surface area contributed by atoms with Crippen LogP contribution in [0.2, 0.25) is 0 Å². The van der Waals surface area contributed by atoms with E-state index in [9.17, 15) is 5.11 Å². The number of aliphatic hydroxyl groups is 1. The SMILES string of the molecule is CN(C)C[C@]12C=C[C@@H](C[C@H](O)C1)O2. The van der Waals surface area contributed by atoms with Gasteiger partial charge >= 0.3 is 0 Å². The predicted molar refractivity (Wildman–Crippen MR) is 50.5 cm³/mol. The van der Waals surface area contributed by atoms with Gasteiger partial charge in [-0.3, -0.25) is 0 Å². The third-order valence-corrected chi connectivity index (χ3v) is 2.67. The van der Waals surface area contributed by atoms with Gasteiger partial charge in [-0.15, -0.1) is 0 Å². The van der Waals surface area contributed by atoms with Crippen molar-refractivity contribution in [3.8, 4) is 0 Å². The van der Waals surface area contributed by atoms with Crippen molar-refractivity contribution in [1.82, 2.24) is 4.90 Å². The number of likely N-dealkylation sites (N-methyl/N-ethyl adjacent to an activating group) is 1. The summed E-state index contributed by atoms with van der Waals surface area (Å²) in [4.78, 5) is 2.10. The normalized spacial score (nSPS) is 43.1. The van der Waals surface area contributed by atoms with Crippen molar-refractivity contribution in [3.05, 3.63) is 12.2 Å². The van der Waals surface area contributed by atoms with Crippen LogP contribution in [0.15, 0.2) is 12.2 Å². The molecule has 13 heavy (non-hydrogen) atoms. The zero-order valence-electron chi connectivity index (χ0n) is 8.23. The van der Waals surface area contributed by atoms with Gasteiger partial charge in [-0.25, -0.2) is 0 Å². The van der Waals surface area contributed by atoms with E-state index in [4.69, 9.17) is 4.74 Å². The first-order chi connectivity index (χ1) is 6.10. The molecule has 3 heteroatoms. The second-order valence-electron chi connectivity index (χ2n) is 4.41. The second kappa shape index (κ2) is 3.08. The van der Waals surface area contributed by atoms with Crippen LogP contribution in [0.4, 0.5) is 0 Å². The molecule has 0 aliphatic carbocycles. The van der Waals surface area contributed by atoms with Gasteiger partial charge in [-0.1, -0.05) is 12.2 Å². The van der Waals surface area contributed by atoms with Gasteiger partial charge in [0.2, 0.25) is 0 Å². The molecule has 2 bridgehead atoms. The van der Waals surface area contributed by atoms with E-state index in [2.05, 4.69) is 17.1 Å². The summed E-state index contributed by atoms with van der Waals surface area (Å²) in [6, 6.07) is 0. The van der Waals surface area contributed by atoms with Crippen LogP contribution < -0.4 is 0 Å². The van der Waals surface area contributed by atoms with E-state index >= 15 is 0 Å². The molecule has 1 fully saturated rings. The molecule has 2 aliphatic rings. The molecule has 74 valence electrons. The molecular formula is C10H17NO2. The molecule has 1 N–H and O–H groups in total. The van der Waals surface area contributed by atoms with Crippen molar-refractivity contribution in [2.75, 3.05) is 20.6 Å². The summed E-state index contributed by atoms with van der Waals surface area (Å²) in [5, 5.41) is 9.63. The van der Waals surface area contributed by atoms with Crippen LogP contribution in [0.5, 0.6) is 0 Å². The molecule has 0 aromatic carbocycles. The van der Waals surface area contributed by atoms with Crippen LogP contribution in [0.3, 0.4) is 0 Å². The summed E-state index contributed by atoms with van der Waals surface area (Å²) in [5.41, 5.74) is -0.216. The molecule has 0 amide bonds. The Morgan fingerprint density at radius 3 is 3.08 bits per heavy atom. The number of hydrogen-bond donors (Lipinski definition) is 1. The van der Waals surface area contributed by atoms with Gasteiger partial charge in [-0.05, 0) is 14.1 Å². The maximum Gasteiger partial charge on any atom is 0.102 e. The Kier molecular flexibility index (Phi) is 2.18. The molecule has 0 radical (unpaired) electrons. The van der Waals surface area contributed by atoms with Gasteiger partial charge in [0, 0.05) is 19.4 Å². The minimum Gasteiger partial charge on any atom is -0.393 e. The summed E-state index contributed by atoms with van der Waals surface area (Å²) in [6.07, 6.45) is 5.63. The summed E-state index contributed by atoms with van der Waals surface area (Å²) in [6.45, 7) is 0.858. The molecular weight excluding hydrogens is 166 g/mol. The van der Waals surface area contributed by atoms with E-state index in [-0.39, 0.29) is 17.8 Å². The zero-order valence-corrected chi connectivity index (χ0v) is 8.23. The number of fused-ring (bicyclic) bond motifs is 2. The second-order valence-corrected chi connectivity index (χ2v) is 4.41. The predicted octanol–water partition coefficient (Wildman–Crippen LogP) is 0.396. The Morgan fingerprint density at radius 1 is 1.62 bits per heavy atom. The number of rotatable bonds is 2. The Balaban J connectivity index is 2.09. The molecule has 3 nitrogen and oxygen atoms in total. The molecule has 0 spiro atoms. The first-order valence-electron chi connectivity index (χ1n) is 4.80. The monoisotopic (exact) mass is 183 g/mol. The molecule has 2 aliphatic heterocycles. The van der Waals surface area contributed by atoms with Crippen LogP contribution in [0.1, 0.15) is 12.8 Å². The van der Waals surface area contributed by atoms with Gasteiger partial charge < -0.3 is 14.7 Å². The summed E-state index contributed by atoms with van der Waals surface area (Å²) < 4.78 is 5.85. The summed E-state index contributed by atoms with van der Waals surface area (Å²) in [5.74, 6) is 0. The average molecular weight is 183 g/mol. The minimum absolute atomic E-state index is 0.142. The zero-order chi connectivity index (χ0) is 9.47. The van der Waals surface area contributed by atoms with E-state index in [0.29, 0.717) is 0 Å².